The van der Waals surface area contributed by atoms with Crippen LogP contribution in [0.1, 0.15) is 45.6 Å². The van der Waals surface area contributed by atoms with Gasteiger partial charge in [0, 0.05) is 9.85 Å². The fourth-order valence-electron chi connectivity index (χ4n) is 3.48. The van der Waals surface area contributed by atoms with E-state index in [1.807, 2.05) is 6.07 Å². The van der Waals surface area contributed by atoms with Crippen molar-refractivity contribution in [2.45, 2.75) is 51.8 Å². The number of hydrogen-bond donors (Lipinski definition) is 0. The molecule has 0 N–H and O–H groups in total. The summed E-state index contributed by atoms with van der Waals surface area (Å²) in [5.41, 5.74) is 1.30. The van der Waals surface area contributed by atoms with Crippen LogP contribution in [0.3, 0.4) is 0 Å². The Kier molecular flexibility index (Phi) is 5.18. The highest BCUT2D eigenvalue weighted by molar-refractivity contribution is 9.10. The Hall–Kier alpha value is -0.0800. The molecule has 0 nitrogen and oxygen atoms in total. The van der Waals surface area contributed by atoms with Crippen LogP contribution >= 0.6 is 27.5 Å². The van der Waals surface area contributed by atoms with Gasteiger partial charge in [0.1, 0.15) is 5.82 Å². The first kappa shape index (κ1) is 16.3. The van der Waals surface area contributed by atoms with Crippen molar-refractivity contribution < 1.29 is 4.39 Å². The second-order valence-corrected chi connectivity index (χ2v) is 8.36. The summed E-state index contributed by atoms with van der Waals surface area (Å²) in [5.74, 6) is 1.07. The third-order valence-corrected chi connectivity index (χ3v) is 5.92. The minimum absolute atomic E-state index is 0.132. The third kappa shape index (κ3) is 3.76. The summed E-state index contributed by atoms with van der Waals surface area (Å²) in [5, 5.41) is 0.257. The van der Waals surface area contributed by atoms with E-state index in [-0.39, 0.29) is 16.6 Å². The highest BCUT2D eigenvalue weighted by Crippen LogP contribution is 2.45. The molecule has 0 aromatic heterocycles. The van der Waals surface area contributed by atoms with Crippen LogP contribution in [-0.2, 0) is 6.42 Å². The van der Waals surface area contributed by atoms with Gasteiger partial charge in [-0.05, 0) is 54.2 Å². The molecule has 112 valence electrons. The van der Waals surface area contributed by atoms with Gasteiger partial charge in [0.05, 0.1) is 0 Å². The van der Waals surface area contributed by atoms with Gasteiger partial charge in [-0.15, -0.1) is 11.6 Å². The van der Waals surface area contributed by atoms with Crippen molar-refractivity contribution in [1.29, 1.82) is 0 Å². The van der Waals surface area contributed by atoms with Gasteiger partial charge in [-0.25, -0.2) is 4.39 Å². The quantitative estimate of drug-likeness (QED) is 0.562. The van der Waals surface area contributed by atoms with E-state index in [4.69, 9.17) is 11.6 Å². The van der Waals surface area contributed by atoms with Crippen molar-refractivity contribution in [2.24, 2.45) is 17.3 Å². The van der Waals surface area contributed by atoms with Gasteiger partial charge >= 0.3 is 0 Å². The van der Waals surface area contributed by atoms with Crippen LogP contribution in [0, 0.1) is 23.1 Å². The van der Waals surface area contributed by atoms with Gasteiger partial charge < -0.3 is 0 Å². The highest BCUT2D eigenvalue weighted by Gasteiger charge is 2.38. The van der Waals surface area contributed by atoms with Crippen LogP contribution in [0.25, 0.3) is 0 Å². The Morgan fingerprint density at radius 3 is 2.65 bits per heavy atom. The van der Waals surface area contributed by atoms with Gasteiger partial charge in [0.25, 0.3) is 0 Å². The molecule has 0 radical (unpaired) electrons. The zero-order chi connectivity index (χ0) is 14.9. The van der Waals surface area contributed by atoms with Crippen LogP contribution in [0.15, 0.2) is 22.7 Å². The van der Waals surface area contributed by atoms with Crippen molar-refractivity contribution >= 4 is 27.5 Å². The normalized spacial score (nSPS) is 27.6. The molecule has 1 aromatic carbocycles. The number of halogens is 3. The summed E-state index contributed by atoms with van der Waals surface area (Å²) >= 11 is 10.1. The molecular formula is C17H23BrClF. The minimum atomic E-state index is -0.194. The van der Waals surface area contributed by atoms with E-state index in [0.717, 1.165) is 23.2 Å². The number of benzene rings is 1. The molecule has 1 aliphatic carbocycles. The van der Waals surface area contributed by atoms with Crippen LogP contribution in [0.2, 0.25) is 0 Å². The topological polar surface area (TPSA) is 0 Å². The molecular weight excluding hydrogens is 339 g/mol. The lowest BCUT2D eigenvalue weighted by Crippen LogP contribution is -2.37. The van der Waals surface area contributed by atoms with E-state index in [2.05, 4.69) is 36.7 Å². The molecule has 1 aromatic rings. The molecule has 0 spiro atoms. The molecule has 3 unspecified atom stereocenters. The van der Waals surface area contributed by atoms with E-state index < -0.39 is 0 Å². The van der Waals surface area contributed by atoms with Crippen molar-refractivity contribution in [1.82, 2.24) is 0 Å². The molecule has 3 heteroatoms. The number of rotatable bonds is 3. The van der Waals surface area contributed by atoms with Crippen LogP contribution in [-0.4, -0.2) is 5.38 Å². The lowest BCUT2D eigenvalue weighted by Gasteiger charge is -2.42. The summed E-state index contributed by atoms with van der Waals surface area (Å²) in [6, 6.07) is 4.97. The Bertz CT molecular complexity index is 472. The van der Waals surface area contributed by atoms with Gasteiger partial charge in [-0.3, -0.25) is 0 Å². The molecule has 0 heterocycles. The van der Waals surface area contributed by atoms with Gasteiger partial charge in [-0.1, -0.05) is 49.2 Å². The average Bonchev–Trinajstić information content (AvgIpc) is 2.32. The molecule has 1 aliphatic rings. The zero-order valence-corrected chi connectivity index (χ0v) is 14.8. The number of hydrogen-bond acceptors (Lipinski definition) is 0. The minimum Gasteiger partial charge on any atom is -0.207 e. The third-order valence-electron chi connectivity index (χ3n) is 4.70. The van der Waals surface area contributed by atoms with Crippen LogP contribution in [0.4, 0.5) is 4.39 Å². The standard InChI is InChI=1S/C17H23BrClF/c1-11-4-7-14(16(19)8-11)17(2,3)10-12-5-6-13(20)9-15(12)18/h5-6,9,11,14,16H,4,7-8,10H2,1-3H3. The van der Waals surface area contributed by atoms with Crippen molar-refractivity contribution in [3.05, 3.63) is 34.1 Å². The fourth-order valence-corrected chi connectivity index (χ4v) is 4.74. The van der Waals surface area contributed by atoms with Crippen LogP contribution < -0.4 is 0 Å². The summed E-state index contributed by atoms with van der Waals surface area (Å²) < 4.78 is 14.1. The van der Waals surface area contributed by atoms with E-state index in [1.54, 1.807) is 6.07 Å². The van der Waals surface area contributed by atoms with Crippen molar-refractivity contribution in [2.75, 3.05) is 0 Å². The molecule has 0 aliphatic heterocycles. The van der Waals surface area contributed by atoms with E-state index >= 15 is 0 Å². The summed E-state index contributed by atoms with van der Waals surface area (Å²) in [7, 11) is 0. The Morgan fingerprint density at radius 1 is 1.35 bits per heavy atom. The predicted octanol–water partition coefficient (Wildman–Crippen LogP) is 6.20. The number of alkyl halides is 1. The second-order valence-electron chi connectivity index (χ2n) is 6.94. The first-order valence-corrected chi connectivity index (χ1v) is 8.60. The Balaban J connectivity index is 2.14. The van der Waals surface area contributed by atoms with E-state index in [9.17, 15) is 4.39 Å². The van der Waals surface area contributed by atoms with Gasteiger partial charge in [-0.2, -0.15) is 0 Å². The summed E-state index contributed by atoms with van der Waals surface area (Å²) in [4.78, 5) is 0. The summed E-state index contributed by atoms with van der Waals surface area (Å²) in [6.45, 7) is 6.87. The highest BCUT2D eigenvalue weighted by atomic mass is 79.9. The summed E-state index contributed by atoms with van der Waals surface area (Å²) in [6.07, 6.45) is 4.50. The molecule has 20 heavy (non-hydrogen) atoms. The molecule has 1 fully saturated rings. The lowest BCUT2D eigenvalue weighted by atomic mass is 9.66. The maximum absolute atomic E-state index is 13.2. The second kappa shape index (κ2) is 6.36. The van der Waals surface area contributed by atoms with Crippen molar-refractivity contribution in [3.63, 3.8) is 0 Å². The Labute approximate surface area is 135 Å². The monoisotopic (exact) mass is 360 g/mol. The van der Waals surface area contributed by atoms with E-state index in [1.165, 1.54) is 24.5 Å². The lowest BCUT2D eigenvalue weighted by molar-refractivity contribution is 0.141. The Morgan fingerprint density at radius 2 is 2.05 bits per heavy atom. The zero-order valence-electron chi connectivity index (χ0n) is 12.4. The average molecular weight is 362 g/mol. The maximum Gasteiger partial charge on any atom is 0.124 e. The maximum atomic E-state index is 13.2. The first-order valence-electron chi connectivity index (χ1n) is 7.37. The molecule has 1 saturated carbocycles. The first-order chi connectivity index (χ1) is 9.29. The molecule has 0 saturated heterocycles. The molecule has 2 rings (SSSR count). The van der Waals surface area contributed by atoms with Crippen molar-refractivity contribution in [3.8, 4) is 0 Å². The van der Waals surface area contributed by atoms with Crippen LogP contribution in [0.5, 0.6) is 0 Å². The van der Waals surface area contributed by atoms with E-state index in [0.29, 0.717) is 5.92 Å². The molecule has 3 atom stereocenters. The SMILES string of the molecule is CC1CCC(C(C)(C)Cc2ccc(F)cc2Br)C(Cl)C1. The molecule has 0 bridgehead atoms. The molecule has 0 amide bonds. The predicted molar refractivity (Wildman–Crippen MR) is 87.7 cm³/mol. The van der Waals surface area contributed by atoms with Gasteiger partial charge in [0.15, 0.2) is 0 Å². The smallest absolute Gasteiger partial charge is 0.124 e. The fraction of sp³-hybridized carbons (Fsp3) is 0.647. The van der Waals surface area contributed by atoms with Gasteiger partial charge in [0.2, 0.25) is 0 Å². The largest absolute Gasteiger partial charge is 0.207 e.